The lowest BCUT2D eigenvalue weighted by Crippen LogP contribution is -2.40. The standard InChI is InChI=1S/C23H30N2O3.C2H2O4/c1-17-4-6-18(7-5-17)15-24-23(26)19-10-12-25(13-11-19)16-20-14-21(27-2)8-9-22(20)28-3;3-1(4)2(5)6/h4-9,14,19H,10-13,15-16H2,1-3H3,(H,24,26);(H,3,4)(H,5,6). The zero-order valence-electron chi connectivity index (χ0n) is 19.7. The molecule has 0 radical (unpaired) electrons. The molecule has 0 atom stereocenters. The molecule has 3 rings (SSSR count). The van der Waals surface area contributed by atoms with Gasteiger partial charge in [-0.15, -0.1) is 0 Å². The van der Waals surface area contributed by atoms with E-state index in [2.05, 4.69) is 41.4 Å². The Balaban J connectivity index is 0.000000604. The van der Waals surface area contributed by atoms with Crippen molar-refractivity contribution >= 4 is 17.8 Å². The molecular formula is C25H32N2O7. The molecule has 34 heavy (non-hydrogen) atoms. The van der Waals surface area contributed by atoms with E-state index in [-0.39, 0.29) is 11.8 Å². The molecule has 184 valence electrons. The average molecular weight is 473 g/mol. The van der Waals surface area contributed by atoms with Crippen molar-refractivity contribution in [1.82, 2.24) is 10.2 Å². The second-order valence-corrected chi connectivity index (χ2v) is 8.04. The maximum absolute atomic E-state index is 12.5. The van der Waals surface area contributed by atoms with Gasteiger partial charge in [-0.3, -0.25) is 9.69 Å². The predicted molar refractivity (Wildman–Crippen MR) is 126 cm³/mol. The molecule has 1 aliphatic rings. The van der Waals surface area contributed by atoms with Crippen molar-refractivity contribution < 1.29 is 34.1 Å². The third kappa shape index (κ3) is 8.40. The fourth-order valence-corrected chi connectivity index (χ4v) is 3.64. The molecule has 0 bridgehead atoms. The molecule has 9 heteroatoms. The van der Waals surface area contributed by atoms with Crippen molar-refractivity contribution in [3.63, 3.8) is 0 Å². The third-order valence-corrected chi connectivity index (χ3v) is 5.61. The van der Waals surface area contributed by atoms with Crippen molar-refractivity contribution in [3.8, 4) is 11.5 Å². The number of hydrogen-bond donors (Lipinski definition) is 3. The number of carbonyl (C=O) groups excluding carboxylic acids is 1. The number of amides is 1. The number of benzene rings is 2. The maximum Gasteiger partial charge on any atom is 0.414 e. The summed E-state index contributed by atoms with van der Waals surface area (Å²) in [5, 5.41) is 17.9. The van der Waals surface area contributed by atoms with Gasteiger partial charge in [0.15, 0.2) is 0 Å². The highest BCUT2D eigenvalue weighted by molar-refractivity contribution is 6.27. The van der Waals surface area contributed by atoms with Crippen LogP contribution in [0.5, 0.6) is 11.5 Å². The Morgan fingerprint density at radius 3 is 2.12 bits per heavy atom. The van der Waals surface area contributed by atoms with E-state index in [0.717, 1.165) is 55.1 Å². The van der Waals surface area contributed by atoms with E-state index < -0.39 is 11.9 Å². The Labute approximate surface area is 199 Å². The van der Waals surface area contributed by atoms with Gasteiger partial charge in [-0.25, -0.2) is 9.59 Å². The number of ether oxygens (including phenoxy) is 2. The van der Waals surface area contributed by atoms with Crippen molar-refractivity contribution in [2.45, 2.75) is 32.9 Å². The van der Waals surface area contributed by atoms with Crippen molar-refractivity contribution in [2.24, 2.45) is 5.92 Å². The highest BCUT2D eigenvalue weighted by Crippen LogP contribution is 2.27. The molecule has 1 amide bonds. The van der Waals surface area contributed by atoms with Crippen LogP contribution in [-0.2, 0) is 27.5 Å². The first-order valence-electron chi connectivity index (χ1n) is 11.0. The minimum absolute atomic E-state index is 0.0916. The predicted octanol–water partition coefficient (Wildman–Crippen LogP) is 2.70. The van der Waals surface area contributed by atoms with Crippen LogP contribution in [0.2, 0.25) is 0 Å². The van der Waals surface area contributed by atoms with Gasteiger partial charge in [0.2, 0.25) is 5.91 Å². The summed E-state index contributed by atoms with van der Waals surface area (Å²) in [5.74, 6) is -1.68. The van der Waals surface area contributed by atoms with E-state index in [0.29, 0.717) is 6.54 Å². The van der Waals surface area contributed by atoms with Gasteiger partial charge in [0.1, 0.15) is 11.5 Å². The first-order valence-corrected chi connectivity index (χ1v) is 11.0. The van der Waals surface area contributed by atoms with E-state index in [1.807, 2.05) is 18.2 Å². The van der Waals surface area contributed by atoms with E-state index in [1.165, 1.54) is 5.56 Å². The van der Waals surface area contributed by atoms with Gasteiger partial charge in [0.25, 0.3) is 0 Å². The Morgan fingerprint density at radius 1 is 0.971 bits per heavy atom. The van der Waals surface area contributed by atoms with Crippen LogP contribution in [0.25, 0.3) is 0 Å². The van der Waals surface area contributed by atoms with Crippen LogP contribution in [-0.4, -0.2) is 60.3 Å². The molecule has 2 aromatic rings. The molecule has 0 unspecified atom stereocenters. The summed E-state index contributed by atoms with van der Waals surface area (Å²) >= 11 is 0. The van der Waals surface area contributed by atoms with Crippen LogP contribution in [0.1, 0.15) is 29.5 Å². The van der Waals surface area contributed by atoms with Crippen LogP contribution >= 0.6 is 0 Å². The van der Waals surface area contributed by atoms with Gasteiger partial charge in [-0.2, -0.15) is 0 Å². The zero-order chi connectivity index (χ0) is 25.1. The van der Waals surface area contributed by atoms with Crippen LogP contribution < -0.4 is 14.8 Å². The van der Waals surface area contributed by atoms with Crippen molar-refractivity contribution in [1.29, 1.82) is 0 Å². The summed E-state index contributed by atoms with van der Waals surface area (Å²) in [7, 11) is 3.36. The number of carboxylic acids is 2. The summed E-state index contributed by atoms with van der Waals surface area (Å²) < 4.78 is 10.8. The molecule has 1 heterocycles. The SMILES string of the molecule is COc1ccc(OC)c(CN2CCC(C(=O)NCc3ccc(C)cc3)CC2)c1.O=C(O)C(=O)O. The number of methoxy groups -OCH3 is 2. The smallest absolute Gasteiger partial charge is 0.414 e. The average Bonchev–Trinajstić information content (AvgIpc) is 2.84. The molecule has 1 aliphatic heterocycles. The van der Waals surface area contributed by atoms with Gasteiger partial charge in [0.05, 0.1) is 14.2 Å². The highest BCUT2D eigenvalue weighted by Gasteiger charge is 2.25. The van der Waals surface area contributed by atoms with Gasteiger partial charge in [-0.1, -0.05) is 29.8 Å². The summed E-state index contributed by atoms with van der Waals surface area (Å²) in [6.45, 7) is 5.28. The summed E-state index contributed by atoms with van der Waals surface area (Å²) in [5.41, 5.74) is 3.49. The Bertz CT molecular complexity index is 956. The number of likely N-dealkylation sites (tertiary alicyclic amines) is 1. The number of aryl methyl sites for hydroxylation is 1. The number of rotatable bonds is 7. The minimum Gasteiger partial charge on any atom is -0.497 e. The molecule has 3 N–H and O–H groups in total. The molecule has 9 nitrogen and oxygen atoms in total. The Morgan fingerprint density at radius 2 is 1.59 bits per heavy atom. The Kier molecular flexibility index (Phi) is 10.3. The first-order chi connectivity index (χ1) is 16.2. The molecule has 2 aromatic carbocycles. The first kappa shape index (κ1) is 26.7. The van der Waals surface area contributed by atoms with Crippen LogP contribution in [0, 0.1) is 12.8 Å². The number of carboxylic acid groups (broad SMARTS) is 2. The molecule has 0 aliphatic carbocycles. The van der Waals surface area contributed by atoms with Crippen LogP contribution in [0.15, 0.2) is 42.5 Å². The largest absolute Gasteiger partial charge is 0.497 e. The normalized spacial score (nSPS) is 13.9. The van der Waals surface area contributed by atoms with Gasteiger partial charge >= 0.3 is 11.9 Å². The lowest BCUT2D eigenvalue weighted by atomic mass is 9.95. The lowest BCUT2D eigenvalue weighted by Gasteiger charge is -2.31. The highest BCUT2D eigenvalue weighted by atomic mass is 16.5. The molecule has 0 aromatic heterocycles. The monoisotopic (exact) mass is 472 g/mol. The van der Waals surface area contributed by atoms with E-state index in [9.17, 15) is 4.79 Å². The quantitative estimate of drug-likeness (QED) is 0.525. The molecule has 1 saturated heterocycles. The minimum atomic E-state index is -1.82. The van der Waals surface area contributed by atoms with E-state index in [4.69, 9.17) is 29.3 Å². The van der Waals surface area contributed by atoms with Crippen LogP contribution in [0.3, 0.4) is 0 Å². The van der Waals surface area contributed by atoms with Gasteiger partial charge in [0, 0.05) is 24.6 Å². The molecule has 0 saturated carbocycles. The molecular weight excluding hydrogens is 440 g/mol. The number of aliphatic carboxylic acids is 2. The van der Waals surface area contributed by atoms with Crippen molar-refractivity contribution in [3.05, 3.63) is 59.2 Å². The fourth-order valence-electron chi connectivity index (χ4n) is 3.64. The number of piperidine rings is 1. The maximum atomic E-state index is 12.5. The van der Waals surface area contributed by atoms with Gasteiger partial charge in [-0.05, 0) is 56.6 Å². The molecule has 0 spiro atoms. The summed E-state index contributed by atoms with van der Waals surface area (Å²) in [4.78, 5) is 33.1. The zero-order valence-corrected chi connectivity index (χ0v) is 19.7. The number of carbonyl (C=O) groups is 3. The topological polar surface area (TPSA) is 125 Å². The second-order valence-electron chi connectivity index (χ2n) is 8.04. The fraction of sp³-hybridized carbons (Fsp3) is 0.400. The number of hydrogen-bond acceptors (Lipinski definition) is 6. The lowest BCUT2D eigenvalue weighted by molar-refractivity contribution is -0.159. The van der Waals surface area contributed by atoms with Gasteiger partial charge < -0.3 is 25.0 Å². The summed E-state index contributed by atoms with van der Waals surface area (Å²) in [6, 6.07) is 14.2. The molecule has 1 fully saturated rings. The van der Waals surface area contributed by atoms with E-state index >= 15 is 0 Å². The van der Waals surface area contributed by atoms with E-state index in [1.54, 1.807) is 14.2 Å². The number of nitrogens with zero attached hydrogens (tertiary/aromatic N) is 1. The number of nitrogens with one attached hydrogen (secondary N) is 1. The Hall–Kier alpha value is -3.59. The third-order valence-electron chi connectivity index (χ3n) is 5.61. The summed E-state index contributed by atoms with van der Waals surface area (Å²) in [6.07, 6.45) is 1.76. The van der Waals surface area contributed by atoms with Crippen molar-refractivity contribution in [2.75, 3.05) is 27.3 Å². The second kappa shape index (κ2) is 13.2. The van der Waals surface area contributed by atoms with Crippen LogP contribution in [0.4, 0.5) is 0 Å².